The lowest BCUT2D eigenvalue weighted by atomic mass is 9.94. The topological polar surface area (TPSA) is 87.1 Å². The molecule has 1 amide bonds. The van der Waals surface area contributed by atoms with Crippen LogP contribution in [-0.2, 0) is 20.7 Å². The van der Waals surface area contributed by atoms with Gasteiger partial charge in [-0.15, -0.1) is 0 Å². The van der Waals surface area contributed by atoms with Crippen LogP contribution in [0.5, 0.6) is 0 Å². The lowest BCUT2D eigenvalue weighted by Gasteiger charge is -2.25. The third-order valence-electron chi connectivity index (χ3n) is 5.07. The summed E-state index contributed by atoms with van der Waals surface area (Å²) in [6, 6.07) is 13.9. The van der Waals surface area contributed by atoms with E-state index >= 15 is 0 Å². The highest BCUT2D eigenvalue weighted by molar-refractivity contribution is 9.10. The van der Waals surface area contributed by atoms with E-state index < -0.39 is 17.7 Å². The van der Waals surface area contributed by atoms with Gasteiger partial charge in [0.25, 0.3) is 11.7 Å². The molecule has 0 bridgehead atoms. The van der Waals surface area contributed by atoms with Crippen molar-refractivity contribution in [3.05, 3.63) is 75.3 Å². The third kappa shape index (κ3) is 4.64. The van der Waals surface area contributed by atoms with E-state index in [0.29, 0.717) is 5.56 Å². The van der Waals surface area contributed by atoms with Crippen LogP contribution in [0.2, 0.25) is 0 Å². The Morgan fingerprint density at radius 1 is 1.07 bits per heavy atom. The van der Waals surface area contributed by atoms with Crippen LogP contribution in [0.4, 0.5) is 0 Å². The molecule has 0 spiro atoms. The molecule has 0 aliphatic carbocycles. The van der Waals surface area contributed by atoms with Crippen molar-refractivity contribution in [2.75, 3.05) is 26.4 Å². The Labute approximate surface area is 183 Å². The molecule has 0 saturated carbocycles. The Balaban J connectivity index is 2.05. The molecule has 158 valence electrons. The summed E-state index contributed by atoms with van der Waals surface area (Å²) in [6.45, 7) is 2.42. The number of rotatable bonds is 8. The first kappa shape index (κ1) is 22.2. The van der Waals surface area contributed by atoms with Gasteiger partial charge in [-0.2, -0.15) is 0 Å². The van der Waals surface area contributed by atoms with Crippen molar-refractivity contribution in [3.8, 4) is 0 Å². The van der Waals surface area contributed by atoms with Gasteiger partial charge in [-0.3, -0.25) is 9.59 Å². The zero-order valence-electron chi connectivity index (χ0n) is 16.7. The number of benzene rings is 2. The first-order valence-corrected chi connectivity index (χ1v) is 10.6. The molecule has 3 rings (SSSR count). The summed E-state index contributed by atoms with van der Waals surface area (Å²) in [7, 11) is 0. The Morgan fingerprint density at radius 2 is 1.73 bits per heavy atom. The van der Waals surface area contributed by atoms with Gasteiger partial charge < -0.3 is 19.8 Å². The average molecular weight is 474 g/mol. The number of aliphatic hydroxyl groups is 2. The highest BCUT2D eigenvalue weighted by Gasteiger charge is 2.45. The predicted molar refractivity (Wildman–Crippen MR) is 117 cm³/mol. The third-order valence-corrected chi connectivity index (χ3v) is 5.60. The number of hydrogen-bond acceptors (Lipinski definition) is 5. The molecule has 7 heteroatoms. The minimum absolute atomic E-state index is 0.0636. The van der Waals surface area contributed by atoms with Crippen LogP contribution < -0.4 is 0 Å². The molecule has 1 atom stereocenters. The van der Waals surface area contributed by atoms with Crippen LogP contribution in [0.3, 0.4) is 0 Å². The molecule has 1 saturated heterocycles. The second kappa shape index (κ2) is 10.0. The number of aliphatic hydroxyl groups excluding tert-OH is 2. The van der Waals surface area contributed by atoms with E-state index in [1.165, 1.54) is 4.90 Å². The monoisotopic (exact) mass is 473 g/mol. The number of halogens is 1. The van der Waals surface area contributed by atoms with Crippen molar-refractivity contribution >= 4 is 33.4 Å². The fourth-order valence-corrected chi connectivity index (χ4v) is 3.75. The number of likely N-dealkylation sites (tertiary alicyclic amines) is 1. The van der Waals surface area contributed by atoms with Crippen molar-refractivity contribution in [3.63, 3.8) is 0 Å². The Bertz CT molecular complexity index is 937. The summed E-state index contributed by atoms with van der Waals surface area (Å²) in [5.41, 5.74) is 2.40. The van der Waals surface area contributed by atoms with E-state index in [1.54, 1.807) is 24.3 Å². The van der Waals surface area contributed by atoms with Crippen LogP contribution in [0, 0.1) is 0 Å². The van der Waals surface area contributed by atoms with E-state index in [1.807, 2.05) is 31.2 Å². The minimum Gasteiger partial charge on any atom is -0.507 e. The maximum atomic E-state index is 12.9. The molecule has 1 unspecified atom stereocenters. The molecule has 2 N–H and O–H groups in total. The highest BCUT2D eigenvalue weighted by atomic mass is 79.9. The predicted octanol–water partition coefficient (Wildman–Crippen LogP) is 3.44. The maximum Gasteiger partial charge on any atom is 0.295 e. The Hall–Kier alpha value is -2.48. The molecular weight excluding hydrogens is 450 g/mol. The van der Waals surface area contributed by atoms with Crippen LogP contribution >= 0.6 is 15.9 Å². The molecule has 1 heterocycles. The second-order valence-electron chi connectivity index (χ2n) is 6.93. The van der Waals surface area contributed by atoms with Gasteiger partial charge in [-0.1, -0.05) is 59.3 Å². The van der Waals surface area contributed by atoms with Crippen molar-refractivity contribution in [2.45, 2.75) is 19.4 Å². The minimum atomic E-state index is -0.720. The fourth-order valence-electron chi connectivity index (χ4n) is 3.49. The average Bonchev–Trinajstić information content (AvgIpc) is 3.01. The lowest BCUT2D eigenvalue weighted by Crippen LogP contribution is -2.33. The molecule has 1 aliphatic rings. The molecular formula is C23H24BrNO5. The molecule has 0 radical (unpaired) electrons. The van der Waals surface area contributed by atoms with Gasteiger partial charge in [0.15, 0.2) is 0 Å². The van der Waals surface area contributed by atoms with E-state index in [4.69, 9.17) is 9.84 Å². The Morgan fingerprint density at radius 3 is 2.33 bits per heavy atom. The van der Waals surface area contributed by atoms with Gasteiger partial charge in [0.2, 0.25) is 0 Å². The maximum absolute atomic E-state index is 12.9. The molecule has 2 aromatic carbocycles. The Kier molecular flexibility index (Phi) is 7.42. The largest absolute Gasteiger partial charge is 0.507 e. The normalized spacial score (nSPS) is 18.2. The summed E-state index contributed by atoms with van der Waals surface area (Å²) in [5, 5.41) is 19.8. The standard InChI is InChI=1S/C23H24BrNO5/c1-2-15-3-5-16(6-4-15)20-19(21(27)17-7-9-18(24)10-8-17)22(28)23(29)25(20)11-13-30-14-12-26/h3-10,20,26-27H,2,11-14H2,1H3/b21-19+. The summed E-state index contributed by atoms with van der Waals surface area (Å²) in [6.07, 6.45) is 0.869. The fraction of sp³-hybridized carbons (Fsp3) is 0.304. The quantitative estimate of drug-likeness (QED) is 0.265. The van der Waals surface area contributed by atoms with Crippen molar-refractivity contribution < 1.29 is 24.5 Å². The molecule has 1 fully saturated rings. The number of aryl methyl sites for hydroxylation is 1. The highest BCUT2D eigenvalue weighted by Crippen LogP contribution is 2.39. The van der Waals surface area contributed by atoms with Crippen LogP contribution in [0.15, 0.2) is 58.6 Å². The number of nitrogens with zero attached hydrogens (tertiary/aromatic N) is 1. The van der Waals surface area contributed by atoms with Gasteiger partial charge in [0.05, 0.1) is 31.4 Å². The number of Topliss-reactive ketones (excluding diaryl/α,β-unsaturated/α-hetero) is 1. The summed E-state index contributed by atoms with van der Waals surface area (Å²) >= 11 is 3.35. The van der Waals surface area contributed by atoms with Crippen LogP contribution in [0.1, 0.15) is 29.7 Å². The number of ether oxygens (including phenoxy) is 1. The molecule has 30 heavy (non-hydrogen) atoms. The lowest BCUT2D eigenvalue weighted by molar-refractivity contribution is -0.140. The van der Waals surface area contributed by atoms with Gasteiger partial charge in [0, 0.05) is 16.6 Å². The van der Waals surface area contributed by atoms with E-state index in [0.717, 1.165) is 22.0 Å². The zero-order chi connectivity index (χ0) is 21.7. The second-order valence-corrected chi connectivity index (χ2v) is 7.85. The molecule has 6 nitrogen and oxygen atoms in total. The van der Waals surface area contributed by atoms with E-state index in [9.17, 15) is 14.7 Å². The first-order valence-electron chi connectivity index (χ1n) is 9.79. The molecule has 1 aliphatic heterocycles. The molecule has 0 aromatic heterocycles. The van der Waals surface area contributed by atoms with Crippen molar-refractivity contribution in [2.24, 2.45) is 0 Å². The number of hydrogen-bond donors (Lipinski definition) is 2. The van der Waals surface area contributed by atoms with Crippen molar-refractivity contribution in [1.29, 1.82) is 0 Å². The summed E-state index contributed by atoms with van der Waals surface area (Å²) < 4.78 is 6.14. The van der Waals surface area contributed by atoms with Crippen LogP contribution in [0.25, 0.3) is 5.76 Å². The van der Waals surface area contributed by atoms with Gasteiger partial charge >= 0.3 is 0 Å². The molecule has 2 aromatic rings. The van der Waals surface area contributed by atoms with E-state index in [2.05, 4.69) is 15.9 Å². The van der Waals surface area contributed by atoms with E-state index in [-0.39, 0.29) is 37.7 Å². The number of amides is 1. The number of carbonyl (C=O) groups is 2. The SMILES string of the molecule is CCc1ccc(C2/C(=C(\O)c3ccc(Br)cc3)C(=O)C(=O)N2CCOCCO)cc1. The number of carbonyl (C=O) groups excluding carboxylic acids is 2. The summed E-state index contributed by atoms with van der Waals surface area (Å²) in [4.78, 5) is 27.1. The first-order chi connectivity index (χ1) is 14.5. The number of ketones is 1. The van der Waals surface area contributed by atoms with Crippen LogP contribution in [-0.4, -0.2) is 53.2 Å². The van der Waals surface area contributed by atoms with Gasteiger partial charge in [-0.05, 0) is 29.7 Å². The van der Waals surface area contributed by atoms with Gasteiger partial charge in [-0.25, -0.2) is 0 Å². The smallest absolute Gasteiger partial charge is 0.295 e. The van der Waals surface area contributed by atoms with Crippen molar-refractivity contribution in [1.82, 2.24) is 4.90 Å². The van der Waals surface area contributed by atoms with Gasteiger partial charge in [0.1, 0.15) is 5.76 Å². The summed E-state index contributed by atoms with van der Waals surface area (Å²) in [5.74, 6) is -1.60. The zero-order valence-corrected chi connectivity index (χ0v) is 18.3.